The van der Waals surface area contributed by atoms with Gasteiger partial charge in [0.05, 0.1) is 18.8 Å². The van der Waals surface area contributed by atoms with Gasteiger partial charge in [-0.05, 0) is 44.9 Å². The lowest BCUT2D eigenvalue weighted by atomic mass is 10.0. The first-order valence-electron chi connectivity index (χ1n) is 19.5. The number of amides is 1. The average molecular weight is 620 g/mol. The SMILES string of the molecule is CCCCCCC/C=C\C/C=C\CCCCCCCCCCCCCCCC(=O)NC(CO)C(O)CCCCCCCCC. The molecule has 0 radical (unpaired) electrons. The second kappa shape index (κ2) is 36.3. The molecule has 0 heterocycles. The lowest BCUT2D eigenvalue weighted by Crippen LogP contribution is -2.45. The molecule has 260 valence electrons. The van der Waals surface area contributed by atoms with Gasteiger partial charge < -0.3 is 15.5 Å². The molecule has 0 aromatic rings. The van der Waals surface area contributed by atoms with E-state index in [1.807, 2.05) is 0 Å². The van der Waals surface area contributed by atoms with Crippen LogP contribution in [0.4, 0.5) is 0 Å². The zero-order valence-electron chi connectivity index (χ0n) is 29.7. The minimum atomic E-state index is -0.654. The summed E-state index contributed by atoms with van der Waals surface area (Å²) in [6.45, 7) is 4.30. The Bertz CT molecular complexity index is 632. The van der Waals surface area contributed by atoms with Crippen LogP contribution in [-0.2, 0) is 4.79 Å². The number of carbonyl (C=O) groups is 1. The van der Waals surface area contributed by atoms with Crippen molar-refractivity contribution in [3.8, 4) is 0 Å². The summed E-state index contributed by atoms with van der Waals surface area (Å²) >= 11 is 0. The van der Waals surface area contributed by atoms with Crippen molar-refractivity contribution in [2.45, 2.75) is 219 Å². The first kappa shape index (κ1) is 42.9. The van der Waals surface area contributed by atoms with Crippen LogP contribution >= 0.6 is 0 Å². The topological polar surface area (TPSA) is 69.6 Å². The quantitative estimate of drug-likeness (QED) is 0.0488. The van der Waals surface area contributed by atoms with Crippen LogP contribution in [0.5, 0.6) is 0 Å². The first-order chi connectivity index (χ1) is 21.7. The minimum absolute atomic E-state index is 0.0364. The number of hydrogen-bond donors (Lipinski definition) is 3. The molecule has 0 bridgehead atoms. The summed E-state index contributed by atoms with van der Waals surface area (Å²) in [5.74, 6) is -0.0364. The molecule has 3 N–H and O–H groups in total. The molecule has 0 rings (SSSR count). The minimum Gasteiger partial charge on any atom is -0.394 e. The van der Waals surface area contributed by atoms with Crippen molar-refractivity contribution in [3.63, 3.8) is 0 Å². The van der Waals surface area contributed by atoms with Crippen LogP contribution < -0.4 is 5.32 Å². The molecule has 0 fully saturated rings. The molecule has 0 saturated carbocycles. The summed E-state index contributed by atoms with van der Waals surface area (Å²) < 4.78 is 0. The van der Waals surface area contributed by atoms with Crippen LogP contribution in [0.1, 0.15) is 206 Å². The molecule has 0 spiro atoms. The number of carbonyl (C=O) groups excluding carboxylic acids is 1. The van der Waals surface area contributed by atoms with Crippen molar-refractivity contribution in [1.29, 1.82) is 0 Å². The molecule has 0 aliphatic carbocycles. The number of allylic oxidation sites excluding steroid dienone is 4. The van der Waals surface area contributed by atoms with Crippen LogP contribution in [0, 0.1) is 0 Å². The zero-order chi connectivity index (χ0) is 32.2. The van der Waals surface area contributed by atoms with E-state index < -0.39 is 12.1 Å². The van der Waals surface area contributed by atoms with Gasteiger partial charge in [-0.15, -0.1) is 0 Å². The van der Waals surface area contributed by atoms with Crippen molar-refractivity contribution in [2.24, 2.45) is 0 Å². The number of aliphatic hydroxyl groups is 2. The molecular weight excluding hydrogens is 542 g/mol. The number of aliphatic hydroxyl groups excluding tert-OH is 2. The second-order valence-corrected chi connectivity index (χ2v) is 13.4. The molecule has 0 aliphatic rings. The maximum Gasteiger partial charge on any atom is 0.220 e. The predicted octanol–water partition coefficient (Wildman–Crippen LogP) is 11.7. The average Bonchev–Trinajstić information content (AvgIpc) is 3.03. The first-order valence-corrected chi connectivity index (χ1v) is 19.5. The van der Waals surface area contributed by atoms with Gasteiger partial charge in [-0.25, -0.2) is 0 Å². The summed E-state index contributed by atoms with van der Waals surface area (Å²) in [4.78, 5) is 12.3. The highest BCUT2D eigenvalue weighted by Crippen LogP contribution is 2.15. The monoisotopic (exact) mass is 620 g/mol. The van der Waals surface area contributed by atoms with E-state index in [2.05, 4.69) is 43.5 Å². The third kappa shape index (κ3) is 32.3. The van der Waals surface area contributed by atoms with Crippen LogP contribution in [-0.4, -0.2) is 34.9 Å². The van der Waals surface area contributed by atoms with Crippen LogP contribution in [0.3, 0.4) is 0 Å². The number of rotatable bonds is 35. The Morgan fingerprint density at radius 3 is 1.36 bits per heavy atom. The van der Waals surface area contributed by atoms with Gasteiger partial charge in [-0.3, -0.25) is 4.79 Å². The summed E-state index contributed by atoms with van der Waals surface area (Å²) in [5, 5.41) is 22.9. The van der Waals surface area contributed by atoms with E-state index in [-0.39, 0.29) is 12.5 Å². The normalized spacial score (nSPS) is 13.3. The lowest BCUT2D eigenvalue weighted by Gasteiger charge is -2.22. The van der Waals surface area contributed by atoms with E-state index in [1.165, 1.54) is 148 Å². The Balaban J connectivity index is 3.44. The van der Waals surface area contributed by atoms with Crippen LogP contribution in [0.25, 0.3) is 0 Å². The lowest BCUT2D eigenvalue weighted by molar-refractivity contribution is -0.123. The molecule has 2 atom stereocenters. The van der Waals surface area contributed by atoms with Gasteiger partial charge in [0.15, 0.2) is 0 Å². The van der Waals surface area contributed by atoms with Crippen molar-refractivity contribution in [1.82, 2.24) is 5.32 Å². The van der Waals surface area contributed by atoms with E-state index >= 15 is 0 Å². The number of hydrogen-bond acceptors (Lipinski definition) is 3. The highest BCUT2D eigenvalue weighted by Gasteiger charge is 2.19. The third-order valence-electron chi connectivity index (χ3n) is 8.97. The van der Waals surface area contributed by atoms with Crippen molar-refractivity contribution in [2.75, 3.05) is 6.61 Å². The maximum absolute atomic E-state index is 12.3. The van der Waals surface area contributed by atoms with Gasteiger partial charge >= 0.3 is 0 Å². The molecule has 0 aromatic heterocycles. The largest absolute Gasteiger partial charge is 0.394 e. The van der Waals surface area contributed by atoms with Crippen LogP contribution in [0.2, 0.25) is 0 Å². The highest BCUT2D eigenvalue weighted by atomic mass is 16.3. The Hall–Kier alpha value is -1.13. The van der Waals surface area contributed by atoms with E-state index in [0.29, 0.717) is 12.8 Å². The highest BCUT2D eigenvalue weighted by molar-refractivity contribution is 5.76. The Morgan fingerprint density at radius 2 is 0.932 bits per heavy atom. The fourth-order valence-corrected chi connectivity index (χ4v) is 5.92. The van der Waals surface area contributed by atoms with Gasteiger partial charge in [0.2, 0.25) is 5.91 Å². The van der Waals surface area contributed by atoms with E-state index in [9.17, 15) is 15.0 Å². The summed E-state index contributed by atoms with van der Waals surface area (Å²) in [6, 6.07) is -0.531. The summed E-state index contributed by atoms with van der Waals surface area (Å²) in [5.41, 5.74) is 0. The van der Waals surface area contributed by atoms with Gasteiger partial charge in [0, 0.05) is 6.42 Å². The zero-order valence-corrected chi connectivity index (χ0v) is 29.7. The van der Waals surface area contributed by atoms with Crippen molar-refractivity contribution < 1.29 is 15.0 Å². The number of nitrogens with one attached hydrogen (secondary N) is 1. The molecule has 2 unspecified atom stereocenters. The molecule has 4 nitrogen and oxygen atoms in total. The van der Waals surface area contributed by atoms with Gasteiger partial charge in [0.25, 0.3) is 0 Å². The second-order valence-electron chi connectivity index (χ2n) is 13.4. The summed E-state index contributed by atoms with van der Waals surface area (Å²) in [6.07, 6.45) is 45.4. The predicted molar refractivity (Wildman–Crippen MR) is 193 cm³/mol. The van der Waals surface area contributed by atoms with E-state index in [0.717, 1.165) is 32.1 Å². The van der Waals surface area contributed by atoms with Crippen LogP contribution in [0.15, 0.2) is 24.3 Å². The molecular formula is C40H77NO3. The Morgan fingerprint density at radius 1 is 0.545 bits per heavy atom. The molecule has 4 heteroatoms. The Labute approximate surface area is 275 Å². The van der Waals surface area contributed by atoms with Crippen molar-refractivity contribution in [3.05, 3.63) is 24.3 Å². The molecule has 1 amide bonds. The summed E-state index contributed by atoms with van der Waals surface area (Å²) in [7, 11) is 0. The van der Waals surface area contributed by atoms with Gasteiger partial charge in [-0.1, -0.05) is 179 Å². The van der Waals surface area contributed by atoms with E-state index in [4.69, 9.17) is 0 Å². The maximum atomic E-state index is 12.3. The fraction of sp³-hybridized carbons (Fsp3) is 0.875. The van der Waals surface area contributed by atoms with Gasteiger partial charge in [0.1, 0.15) is 0 Å². The smallest absolute Gasteiger partial charge is 0.220 e. The molecule has 0 aliphatic heterocycles. The molecule has 0 saturated heterocycles. The number of unbranched alkanes of at least 4 members (excludes halogenated alkanes) is 24. The molecule has 0 aromatic carbocycles. The molecule has 44 heavy (non-hydrogen) atoms. The third-order valence-corrected chi connectivity index (χ3v) is 8.97. The fourth-order valence-electron chi connectivity index (χ4n) is 5.92. The van der Waals surface area contributed by atoms with E-state index in [1.54, 1.807) is 0 Å². The standard InChI is InChI=1S/C40H77NO3/c1-3-5-7-9-11-12-13-14-15-16-17-18-19-20-21-22-23-24-25-26-27-28-30-32-34-36-40(44)41-38(37-42)39(43)35-33-31-29-10-8-6-4-2/h13-14,16-17,38-39,42-43H,3-12,15,18-37H2,1-2H3,(H,41,44)/b14-13-,17-16-. The Kier molecular flexibility index (Phi) is 35.4. The van der Waals surface area contributed by atoms with Crippen molar-refractivity contribution >= 4 is 5.91 Å². The van der Waals surface area contributed by atoms with Gasteiger partial charge in [-0.2, -0.15) is 0 Å².